The molecule has 0 bridgehead atoms. The average Bonchev–Trinajstić information content (AvgIpc) is 2.78. The molecule has 1 aromatic rings. The molecule has 3 heteroatoms. The second kappa shape index (κ2) is 6.71. The first kappa shape index (κ1) is 14.1. The van der Waals surface area contributed by atoms with Gasteiger partial charge in [-0.05, 0) is 36.6 Å². The first-order chi connectivity index (χ1) is 9.24. The quantitative estimate of drug-likeness (QED) is 0.788. The minimum Gasteiger partial charge on any atom is -0.326 e. The molecule has 1 heterocycles. The summed E-state index contributed by atoms with van der Waals surface area (Å²) in [5, 5.41) is 6.51. The standard InChI is InChI=1S/C16H24N2O/c1-3-5-6-14(17-9-4-2)12-7-8-15-13(10-12)11-16(19)18-15/h7-8,10,14,17H,3-6,9,11H2,1-2H3,(H,18,19). The fraction of sp³-hybridized carbons (Fsp3) is 0.562. The Kier molecular flexibility index (Phi) is 4.97. The molecule has 0 aromatic heterocycles. The van der Waals surface area contributed by atoms with Crippen LogP contribution in [0.25, 0.3) is 0 Å². The predicted molar refractivity (Wildman–Crippen MR) is 79.3 cm³/mol. The van der Waals surface area contributed by atoms with Crippen LogP contribution >= 0.6 is 0 Å². The Morgan fingerprint density at radius 2 is 2.16 bits per heavy atom. The molecule has 0 fully saturated rings. The number of nitrogens with one attached hydrogen (secondary N) is 2. The van der Waals surface area contributed by atoms with E-state index >= 15 is 0 Å². The third kappa shape index (κ3) is 3.57. The summed E-state index contributed by atoms with van der Waals surface area (Å²) in [6, 6.07) is 6.80. The van der Waals surface area contributed by atoms with Crippen LogP contribution in [0.1, 0.15) is 56.7 Å². The summed E-state index contributed by atoms with van der Waals surface area (Å²) < 4.78 is 0. The van der Waals surface area contributed by atoms with Gasteiger partial charge in [-0.3, -0.25) is 4.79 Å². The second-order valence-electron chi connectivity index (χ2n) is 5.29. The highest BCUT2D eigenvalue weighted by molar-refractivity contribution is 5.99. The van der Waals surface area contributed by atoms with Gasteiger partial charge < -0.3 is 10.6 Å². The van der Waals surface area contributed by atoms with Crippen molar-refractivity contribution in [3.05, 3.63) is 29.3 Å². The van der Waals surface area contributed by atoms with Gasteiger partial charge in [0.05, 0.1) is 6.42 Å². The first-order valence-corrected chi connectivity index (χ1v) is 7.40. The smallest absolute Gasteiger partial charge is 0.228 e. The fourth-order valence-corrected chi connectivity index (χ4v) is 2.58. The summed E-state index contributed by atoms with van der Waals surface area (Å²) in [6.07, 6.45) is 5.28. The van der Waals surface area contributed by atoms with Crippen molar-refractivity contribution in [2.24, 2.45) is 0 Å². The van der Waals surface area contributed by atoms with Gasteiger partial charge in [0.2, 0.25) is 5.91 Å². The lowest BCUT2D eigenvalue weighted by molar-refractivity contribution is -0.115. The number of unbranched alkanes of at least 4 members (excludes halogenated alkanes) is 1. The van der Waals surface area contributed by atoms with Crippen molar-refractivity contribution in [1.29, 1.82) is 0 Å². The van der Waals surface area contributed by atoms with E-state index in [1.54, 1.807) is 0 Å². The van der Waals surface area contributed by atoms with Crippen LogP contribution in [0.2, 0.25) is 0 Å². The number of fused-ring (bicyclic) bond motifs is 1. The van der Waals surface area contributed by atoms with Gasteiger partial charge in [-0.25, -0.2) is 0 Å². The Labute approximate surface area is 115 Å². The van der Waals surface area contributed by atoms with Gasteiger partial charge in [-0.2, -0.15) is 0 Å². The van der Waals surface area contributed by atoms with Gasteiger partial charge in [0.1, 0.15) is 0 Å². The highest BCUT2D eigenvalue weighted by atomic mass is 16.1. The normalized spacial score (nSPS) is 15.2. The highest BCUT2D eigenvalue weighted by Crippen LogP contribution is 2.28. The van der Waals surface area contributed by atoms with Crippen LogP contribution in [0.5, 0.6) is 0 Å². The Bertz CT molecular complexity index is 434. The van der Waals surface area contributed by atoms with Crippen LogP contribution in [0.3, 0.4) is 0 Å². The molecular formula is C16H24N2O. The van der Waals surface area contributed by atoms with E-state index in [1.807, 2.05) is 6.07 Å². The molecule has 0 saturated heterocycles. The predicted octanol–water partition coefficient (Wildman–Crippen LogP) is 3.41. The zero-order valence-corrected chi connectivity index (χ0v) is 12.0. The maximum Gasteiger partial charge on any atom is 0.228 e. The maximum atomic E-state index is 11.4. The molecule has 1 aromatic carbocycles. The summed E-state index contributed by atoms with van der Waals surface area (Å²) in [4.78, 5) is 11.4. The van der Waals surface area contributed by atoms with E-state index in [1.165, 1.54) is 18.4 Å². The van der Waals surface area contributed by atoms with E-state index in [0.29, 0.717) is 12.5 Å². The molecule has 2 N–H and O–H groups in total. The van der Waals surface area contributed by atoms with Crippen molar-refractivity contribution >= 4 is 11.6 Å². The highest BCUT2D eigenvalue weighted by Gasteiger charge is 2.19. The topological polar surface area (TPSA) is 41.1 Å². The molecule has 1 aliphatic rings. The van der Waals surface area contributed by atoms with Crippen LogP contribution in [0.4, 0.5) is 5.69 Å². The number of carbonyl (C=O) groups is 1. The van der Waals surface area contributed by atoms with Crippen molar-refractivity contribution in [3.8, 4) is 0 Å². The molecule has 1 amide bonds. The van der Waals surface area contributed by atoms with Crippen molar-refractivity contribution < 1.29 is 4.79 Å². The largest absolute Gasteiger partial charge is 0.326 e. The van der Waals surface area contributed by atoms with E-state index in [4.69, 9.17) is 0 Å². The molecule has 2 rings (SSSR count). The van der Waals surface area contributed by atoms with Crippen LogP contribution in [-0.2, 0) is 11.2 Å². The number of benzene rings is 1. The number of hydrogen-bond acceptors (Lipinski definition) is 2. The molecule has 0 radical (unpaired) electrons. The minimum atomic E-state index is 0.110. The van der Waals surface area contributed by atoms with Crippen molar-refractivity contribution in [2.45, 2.75) is 52.0 Å². The molecule has 1 atom stereocenters. The van der Waals surface area contributed by atoms with E-state index < -0.39 is 0 Å². The molecule has 0 spiro atoms. The fourth-order valence-electron chi connectivity index (χ4n) is 2.58. The summed E-state index contributed by atoms with van der Waals surface area (Å²) in [5.41, 5.74) is 3.44. The maximum absolute atomic E-state index is 11.4. The Morgan fingerprint density at radius 1 is 1.32 bits per heavy atom. The van der Waals surface area contributed by atoms with E-state index in [0.717, 1.165) is 30.6 Å². The average molecular weight is 260 g/mol. The summed E-state index contributed by atoms with van der Waals surface area (Å²) in [6.45, 7) is 5.46. The molecular weight excluding hydrogens is 236 g/mol. The summed E-state index contributed by atoms with van der Waals surface area (Å²) >= 11 is 0. The lowest BCUT2D eigenvalue weighted by Crippen LogP contribution is -2.22. The molecule has 0 saturated carbocycles. The number of anilines is 1. The summed E-state index contributed by atoms with van der Waals surface area (Å²) in [7, 11) is 0. The lowest BCUT2D eigenvalue weighted by Gasteiger charge is -2.19. The number of carbonyl (C=O) groups excluding carboxylic acids is 1. The van der Waals surface area contributed by atoms with E-state index in [2.05, 4.69) is 36.6 Å². The SMILES string of the molecule is CCCCC(NCCC)c1ccc2c(c1)CC(=O)N2. The minimum absolute atomic E-state index is 0.110. The summed E-state index contributed by atoms with van der Waals surface area (Å²) in [5.74, 6) is 0.110. The molecule has 1 aliphatic heterocycles. The number of hydrogen-bond donors (Lipinski definition) is 2. The van der Waals surface area contributed by atoms with Gasteiger partial charge in [0, 0.05) is 11.7 Å². The van der Waals surface area contributed by atoms with Crippen molar-refractivity contribution in [2.75, 3.05) is 11.9 Å². The van der Waals surface area contributed by atoms with Crippen LogP contribution in [-0.4, -0.2) is 12.5 Å². The first-order valence-electron chi connectivity index (χ1n) is 7.40. The van der Waals surface area contributed by atoms with Gasteiger partial charge in [0.15, 0.2) is 0 Å². The van der Waals surface area contributed by atoms with Crippen molar-refractivity contribution in [1.82, 2.24) is 5.32 Å². The van der Waals surface area contributed by atoms with Crippen LogP contribution in [0.15, 0.2) is 18.2 Å². The monoisotopic (exact) mass is 260 g/mol. The Hall–Kier alpha value is -1.35. The molecule has 3 nitrogen and oxygen atoms in total. The van der Waals surface area contributed by atoms with Gasteiger partial charge in [-0.15, -0.1) is 0 Å². The van der Waals surface area contributed by atoms with E-state index in [9.17, 15) is 4.79 Å². The van der Waals surface area contributed by atoms with E-state index in [-0.39, 0.29) is 5.91 Å². The van der Waals surface area contributed by atoms with Gasteiger partial charge in [0.25, 0.3) is 0 Å². The van der Waals surface area contributed by atoms with Crippen LogP contribution < -0.4 is 10.6 Å². The number of amides is 1. The van der Waals surface area contributed by atoms with Gasteiger partial charge >= 0.3 is 0 Å². The zero-order chi connectivity index (χ0) is 13.7. The van der Waals surface area contributed by atoms with Gasteiger partial charge in [-0.1, -0.05) is 38.8 Å². The third-order valence-electron chi connectivity index (χ3n) is 3.64. The lowest BCUT2D eigenvalue weighted by atomic mass is 9.98. The molecule has 1 unspecified atom stereocenters. The molecule has 104 valence electrons. The second-order valence-corrected chi connectivity index (χ2v) is 5.29. The number of rotatable bonds is 7. The molecule has 0 aliphatic carbocycles. The third-order valence-corrected chi connectivity index (χ3v) is 3.64. The van der Waals surface area contributed by atoms with Crippen molar-refractivity contribution in [3.63, 3.8) is 0 Å². The van der Waals surface area contributed by atoms with Crippen LogP contribution in [0, 0.1) is 0 Å². The molecule has 19 heavy (non-hydrogen) atoms. The zero-order valence-electron chi connectivity index (χ0n) is 12.0. The Balaban J connectivity index is 2.12. The Morgan fingerprint density at radius 3 is 2.89 bits per heavy atom.